The fraction of sp³-hybridized carbons (Fsp3) is 0.741. The van der Waals surface area contributed by atoms with Crippen LogP contribution < -0.4 is 5.32 Å². The molecule has 0 unspecified atom stereocenters. The predicted octanol–water partition coefficient (Wildman–Crippen LogP) is 8.09. The number of amides is 2. The minimum Gasteiger partial charge on any atom is -0.338 e. The van der Waals surface area contributed by atoms with Gasteiger partial charge in [0.15, 0.2) is 0 Å². The highest BCUT2D eigenvalue weighted by molar-refractivity contribution is 5.73. The van der Waals surface area contributed by atoms with Crippen molar-refractivity contribution in [2.24, 2.45) is 0 Å². The van der Waals surface area contributed by atoms with Gasteiger partial charge in [0.05, 0.1) is 0 Å². The minimum atomic E-state index is 0.0276. The lowest BCUT2D eigenvalue weighted by molar-refractivity contribution is 0.206. The molecule has 0 saturated carbocycles. The molecule has 1 aromatic carbocycles. The van der Waals surface area contributed by atoms with E-state index in [1.165, 1.54) is 96.3 Å². The summed E-state index contributed by atoms with van der Waals surface area (Å²) < 4.78 is 0. The van der Waals surface area contributed by atoms with E-state index in [9.17, 15) is 4.79 Å². The van der Waals surface area contributed by atoms with Crippen LogP contribution in [0.1, 0.15) is 115 Å². The summed E-state index contributed by atoms with van der Waals surface area (Å²) in [5, 5.41) is 3.04. The maximum Gasteiger partial charge on any atom is 0.317 e. The molecule has 30 heavy (non-hydrogen) atoms. The van der Waals surface area contributed by atoms with Gasteiger partial charge < -0.3 is 10.2 Å². The largest absolute Gasteiger partial charge is 0.338 e. The van der Waals surface area contributed by atoms with E-state index >= 15 is 0 Å². The average molecular weight is 417 g/mol. The first kappa shape index (κ1) is 26.5. The molecule has 0 fully saturated rings. The number of urea groups is 1. The van der Waals surface area contributed by atoms with Crippen LogP contribution in [-0.4, -0.2) is 24.5 Å². The highest BCUT2D eigenvalue weighted by atomic mass is 16.2. The number of nitrogens with one attached hydrogen (secondary N) is 1. The van der Waals surface area contributed by atoms with Gasteiger partial charge in [0.25, 0.3) is 0 Å². The molecule has 3 nitrogen and oxygen atoms in total. The van der Waals surface area contributed by atoms with E-state index in [0.29, 0.717) is 6.54 Å². The van der Waals surface area contributed by atoms with Crippen LogP contribution in [0.5, 0.6) is 0 Å². The zero-order valence-corrected chi connectivity index (χ0v) is 20.0. The van der Waals surface area contributed by atoms with Crippen LogP contribution in [0.2, 0.25) is 0 Å². The van der Waals surface area contributed by atoms with Crippen LogP contribution in [0.25, 0.3) is 0 Å². The molecule has 2 amide bonds. The fourth-order valence-electron chi connectivity index (χ4n) is 3.93. The van der Waals surface area contributed by atoms with Crippen molar-refractivity contribution >= 4 is 6.03 Å². The molecule has 0 aliphatic rings. The van der Waals surface area contributed by atoms with E-state index in [1.807, 2.05) is 25.2 Å². The van der Waals surface area contributed by atoms with Gasteiger partial charge in [0.1, 0.15) is 0 Å². The van der Waals surface area contributed by atoms with Gasteiger partial charge in [-0.3, -0.25) is 0 Å². The molecule has 1 rings (SSSR count). The van der Waals surface area contributed by atoms with Crippen molar-refractivity contribution in [3.8, 4) is 0 Å². The van der Waals surface area contributed by atoms with Gasteiger partial charge in [-0.25, -0.2) is 4.79 Å². The predicted molar refractivity (Wildman–Crippen MR) is 131 cm³/mol. The molecule has 1 aromatic rings. The summed E-state index contributed by atoms with van der Waals surface area (Å²) in [7, 11) is 1.86. The molecule has 172 valence electrons. The molecule has 0 aliphatic carbocycles. The van der Waals surface area contributed by atoms with Crippen molar-refractivity contribution in [3.63, 3.8) is 0 Å². The van der Waals surface area contributed by atoms with Gasteiger partial charge in [0.2, 0.25) is 0 Å². The maximum absolute atomic E-state index is 12.1. The van der Waals surface area contributed by atoms with Crippen molar-refractivity contribution in [1.29, 1.82) is 0 Å². The Morgan fingerprint density at radius 1 is 0.700 bits per heavy atom. The first-order valence-corrected chi connectivity index (χ1v) is 12.8. The molecule has 0 heterocycles. The molecule has 0 spiro atoms. The molecular weight excluding hydrogens is 368 g/mol. The smallest absolute Gasteiger partial charge is 0.317 e. The van der Waals surface area contributed by atoms with Crippen molar-refractivity contribution in [2.75, 3.05) is 13.6 Å². The highest BCUT2D eigenvalue weighted by Crippen LogP contribution is 2.13. The van der Waals surface area contributed by atoms with E-state index in [2.05, 4.69) is 24.4 Å². The number of carbonyl (C=O) groups is 1. The topological polar surface area (TPSA) is 32.3 Å². The van der Waals surface area contributed by atoms with Gasteiger partial charge in [-0.15, -0.1) is 0 Å². The Balaban J connectivity index is 1.80. The molecular formula is C27H48N2O. The van der Waals surface area contributed by atoms with Gasteiger partial charge >= 0.3 is 6.03 Å². The Kier molecular flexibility index (Phi) is 17.2. The molecule has 0 radical (unpaired) electrons. The van der Waals surface area contributed by atoms with Crippen molar-refractivity contribution in [2.45, 2.75) is 116 Å². The molecule has 3 heteroatoms. The molecule has 0 atom stereocenters. The molecule has 0 bridgehead atoms. The van der Waals surface area contributed by atoms with E-state index in [1.54, 1.807) is 4.90 Å². The van der Waals surface area contributed by atoms with Crippen LogP contribution in [0.4, 0.5) is 4.79 Å². The quantitative estimate of drug-likeness (QED) is 0.227. The second-order valence-electron chi connectivity index (χ2n) is 8.88. The third-order valence-corrected chi connectivity index (χ3v) is 5.92. The summed E-state index contributed by atoms with van der Waals surface area (Å²) in [5.41, 5.74) is 1.16. The minimum absolute atomic E-state index is 0.0276. The maximum atomic E-state index is 12.1. The summed E-state index contributed by atoms with van der Waals surface area (Å²) in [5.74, 6) is 0. The Morgan fingerprint density at radius 3 is 1.60 bits per heavy atom. The Bertz CT molecular complexity index is 503. The molecule has 1 N–H and O–H groups in total. The number of hydrogen-bond donors (Lipinski definition) is 1. The third kappa shape index (κ3) is 15.3. The molecule has 0 aromatic heterocycles. The van der Waals surface area contributed by atoms with Crippen LogP contribution in [-0.2, 0) is 6.54 Å². The zero-order chi connectivity index (χ0) is 21.7. The monoisotopic (exact) mass is 416 g/mol. The van der Waals surface area contributed by atoms with Gasteiger partial charge in [0, 0.05) is 20.1 Å². The first-order valence-electron chi connectivity index (χ1n) is 12.8. The standard InChI is InChI=1S/C27H48N2O/c1-3-4-5-6-7-8-9-10-11-12-13-14-15-16-17-21-24-28-27(30)29(2)25-26-22-19-18-20-23-26/h18-20,22-23H,3-17,21,24-25H2,1-2H3,(H,28,30). The lowest BCUT2D eigenvalue weighted by atomic mass is 10.0. The summed E-state index contributed by atoms with van der Waals surface area (Å²) in [6.07, 6.45) is 22.0. The Morgan fingerprint density at radius 2 is 1.13 bits per heavy atom. The van der Waals surface area contributed by atoms with Crippen LogP contribution in [0, 0.1) is 0 Å². The Hall–Kier alpha value is -1.51. The van der Waals surface area contributed by atoms with E-state index < -0.39 is 0 Å². The number of rotatable bonds is 19. The summed E-state index contributed by atoms with van der Waals surface area (Å²) in [6.45, 7) is 3.73. The van der Waals surface area contributed by atoms with E-state index in [0.717, 1.165) is 18.5 Å². The lowest BCUT2D eigenvalue weighted by Gasteiger charge is -2.18. The van der Waals surface area contributed by atoms with Gasteiger partial charge in [-0.2, -0.15) is 0 Å². The number of nitrogens with zero attached hydrogens (tertiary/aromatic N) is 1. The number of hydrogen-bond acceptors (Lipinski definition) is 1. The number of benzene rings is 1. The van der Waals surface area contributed by atoms with Crippen LogP contribution in [0.15, 0.2) is 30.3 Å². The average Bonchev–Trinajstić information content (AvgIpc) is 2.76. The first-order chi connectivity index (χ1) is 14.7. The van der Waals surface area contributed by atoms with Crippen molar-refractivity contribution in [3.05, 3.63) is 35.9 Å². The summed E-state index contributed by atoms with van der Waals surface area (Å²) in [4.78, 5) is 13.9. The third-order valence-electron chi connectivity index (χ3n) is 5.92. The number of carbonyl (C=O) groups excluding carboxylic acids is 1. The van der Waals surface area contributed by atoms with Crippen LogP contribution >= 0.6 is 0 Å². The highest BCUT2D eigenvalue weighted by Gasteiger charge is 2.07. The number of unbranched alkanes of at least 4 members (excludes halogenated alkanes) is 15. The lowest BCUT2D eigenvalue weighted by Crippen LogP contribution is -2.37. The molecule has 0 saturated heterocycles. The Labute approximate surface area is 187 Å². The van der Waals surface area contributed by atoms with E-state index in [-0.39, 0.29) is 6.03 Å². The van der Waals surface area contributed by atoms with Gasteiger partial charge in [-0.1, -0.05) is 134 Å². The van der Waals surface area contributed by atoms with E-state index in [4.69, 9.17) is 0 Å². The van der Waals surface area contributed by atoms with Crippen molar-refractivity contribution in [1.82, 2.24) is 10.2 Å². The zero-order valence-electron chi connectivity index (χ0n) is 20.0. The van der Waals surface area contributed by atoms with Crippen molar-refractivity contribution < 1.29 is 4.79 Å². The van der Waals surface area contributed by atoms with Crippen LogP contribution in [0.3, 0.4) is 0 Å². The summed E-state index contributed by atoms with van der Waals surface area (Å²) in [6, 6.07) is 10.2. The van der Waals surface area contributed by atoms with Gasteiger partial charge in [-0.05, 0) is 12.0 Å². The second-order valence-corrected chi connectivity index (χ2v) is 8.88. The summed E-state index contributed by atoms with van der Waals surface area (Å²) >= 11 is 0. The SMILES string of the molecule is CCCCCCCCCCCCCCCCCCNC(=O)N(C)Cc1ccccc1. The second kappa shape index (κ2) is 19.5. The molecule has 0 aliphatic heterocycles. The normalized spacial score (nSPS) is 10.9. The fourth-order valence-corrected chi connectivity index (χ4v) is 3.93.